The lowest BCUT2D eigenvalue weighted by Crippen LogP contribution is -2.14. The van der Waals surface area contributed by atoms with E-state index in [0.717, 1.165) is 17.0 Å². The molecular formula is C19H21NO2. The van der Waals surface area contributed by atoms with Gasteiger partial charge in [-0.2, -0.15) is 0 Å². The topological polar surface area (TPSA) is 38.3 Å². The number of amides is 1. The summed E-state index contributed by atoms with van der Waals surface area (Å²) < 4.78 is 5.57. The highest BCUT2D eigenvalue weighted by molar-refractivity contribution is 6.03. The van der Waals surface area contributed by atoms with E-state index in [0.29, 0.717) is 12.0 Å². The van der Waals surface area contributed by atoms with Gasteiger partial charge in [-0.15, -0.1) is 0 Å². The molecule has 114 valence electrons. The van der Waals surface area contributed by atoms with Crippen molar-refractivity contribution >= 4 is 11.6 Å². The molecule has 0 aliphatic rings. The summed E-state index contributed by atoms with van der Waals surface area (Å²) in [6.45, 7) is 5.96. The van der Waals surface area contributed by atoms with E-state index in [1.54, 1.807) is 0 Å². The zero-order valence-electron chi connectivity index (χ0n) is 13.2. The number of rotatable bonds is 5. The second-order valence-electron chi connectivity index (χ2n) is 5.25. The second kappa shape index (κ2) is 7.46. The normalized spacial score (nSPS) is 11.1. The Kier molecular flexibility index (Phi) is 5.37. The molecule has 0 radical (unpaired) electrons. The molecule has 3 heteroatoms. The molecule has 1 N–H and O–H groups in total. The summed E-state index contributed by atoms with van der Waals surface area (Å²) in [7, 11) is 0. The zero-order valence-corrected chi connectivity index (χ0v) is 13.2. The quantitative estimate of drug-likeness (QED) is 0.646. The van der Waals surface area contributed by atoms with E-state index in [9.17, 15) is 4.79 Å². The Morgan fingerprint density at radius 2 is 1.55 bits per heavy atom. The van der Waals surface area contributed by atoms with Crippen LogP contribution in [0.25, 0.3) is 0 Å². The maximum absolute atomic E-state index is 12.2. The maximum Gasteiger partial charge on any atom is 0.254 e. The molecule has 0 saturated carbocycles. The molecule has 0 fully saturated rings. The van der Waals surface area contributed by atoms with Crippen molar-refractivity contribution in [3.05, 3.63) is 71.5 Å². The molecule has 3 nitrogen and oxygen atoms in total. The van der Waals surface area contributed by atoms with Crippen molar-refractivity contribution in [3.8, 4) is 5.75 Å². The minimum atomic E-state index is -0.140. The monoisotopic (exact) mass is 295 g/mol. The summed E-state index contributed by atoms with van der Waals surface area (Å²) in [6, 6.07) is 15.4. The highest BCUT2D eigenvalue weighted by Gasteiger charge is 2.08. The Balaban J connectivity index is 2.03. The third-order valence-electron chi connectivity index (χ3n) is 3.34. The maximum atomic E-state index is 12.2. The van der Waals surface area contributed by atoms with Crippen LogP contribution >= 0.6 is 0 Å². The first-order valence-corrected chi connectivity index (χ1v) is 7.39. The Labute approximate surface area is 131 Å². The molecule has 22 heavy (non-hydrogen) atoms. The number of benzene rings is 2. The first kappa shape index (κ1) is 15.8. The summed E-state index contributed by atoms with van der Waals surface area (Å²) in [5.74, 6) is 0.582. The van der Waals surface area contributed by atoms with Gasteiger partial charge in [0.1, 0.15) is 5.75 Å². The highest BCUT2D eigenvalue weighted by atomic mass is 16.5. The van der Waals surface area contributed by atoms with Gasteiger partial charge >= 0.3 is 0 Å². The van der Waals surface area contributed by atoms with Gasteiger partial charge in [0.15, 0.2) is 0 Å². The third-order valence-corrected chi connectivity index (χ3v) is 3.34. The van der Waals surface area contributed by atoms with Crippen LogP contribution in [0.3, 0.4) is 0 Å². The van der Waals surface area contributed by atoms with Crippen LogP contribution in [-0.2, 0) is 4.79 Å². The van der Waals surface area contributed by atoms with Gasteiger partial charge in [0.25, 0.3) is 5.91 Å². The molecule has 0 spiro atoms. The molecule has 0 aromatic heterocycles. The van der Waals surface area contributed by atoms with Gasteiger partial charge in [-0.3, -0.25) is 4.79 Å². The van der Waals surface area contributed by atoms with Crippen LogP contribution in [0.1, 0.15) is 24.5 Å². The third kappa shape index (κ3) is 4.48. The van der Waals surface area contributed by atoms with E-state index in [1.165, 1.54) is 11.8 Å². The first-order valence-electron chi connectivity index (χ1n) is 7.39. The number of anilines is 1. The van der Waals surface area contributed by atoms with Crippen molar-refractivity contribution in [2.75, 3.05) is 5.32 Å². The largest absolute Gasteiger partial charge is 0.465 e. The fourth-order valence-electron chi connectivity index (χ4n) is 1.90. The number of hydrogen-bond donors (Lipinski definition) is 1. The van der Waals surface area contributed by atoms with Gasteiger partial charge in [0.05, 0.1) is 11.8 Å². The van der Waals surface area contributed by atoms with Gasteiger partial charge in [-0.25, -0.2) is 0 Å². The van der Waals surface area contributed by atoms with Crippen molar-refractivity contribution in [1.82, 2.24) is 0 Å². The summed E-state index contributed by atoms with van der Waals surface area (Å²) in [6.07, 6.45) is 2.12. The molecule has 2 aromatic carbocycles. The molecule has 0 unspecified atom stereocenters. The van der Waals surface area contributed by atoms with E-state index in [4.69, 9.17) is 4.74 Å². The summed E-state index contributed by atoms with van der Waals surface area (Å²) >= 11 is 0. The molecule has 0 aliphatic carbocycles. The molecule has 1 amide bonds. The number of hydrogen-bond acceptors (Lipinski definition) is 2. The fourth-order valence-corrected chi connectivity index (χ4v) is 1.90. The van der Waals surface area contributed by atoms with Crippen molar-refractivity contribution in [2.45, 2.75) is 27.2 Å². The van der Waals surface area contributed by atoms with Gasteiger partial charge in [0.2, 0.25) is 0 Å². The SMILES string of the molecule is CCC(=COc1ccc(C)cc1)C(=O)Nc1ccc(C)cc1. The van der Waals surface area contributed by atoms with Crippen LogP contribution in [-0.4, -0.2) is 5.91 Å². The average molecular weight is 295 g/mol. The number of nitrogens with one attached hydrogen (secondary N) is 1. The predicted octanol–water partition coefficient (Wildman–Crippen LogP) is 4.61. The van der Waals surface area contributed by atoms with Crippen molar-refractivity contribution in [2.24, 2.45) is 0 Å². The van der Waals surface area contributed by atoms with Crippen LogP contribution < -0.4 is 10.1 Å². The van der Waals surface area contributed by atoms with Crippen LogP contribution in [0, 0.1) is 13.8 Å². The molecule has 2 aromatic rings. The van der Waals surface area contributed by atoms with E-state index in [-0.39, 0.29) is 5.91 Å². The number of carbonyl (C=O) groups is 1. The predicted molar refractivity (Wildman–Crippen MR) is 90.0 cm³/mol. The molecule has 0 heterocycles. The Hall–Kier alpha value is -2.55. The lowest BCUT2D eigenvalue weighted by atomic mass is 10.2. The molecule has 0 aliphatic heterocycles. The van der Waals surface area contributed by atoms with Gasteiger partial charge in [0, 0.05) is 5.69 Å². The zero-order chi connectivity index (χ0) is 15.9. The number of ether oxygens (including phenoxy) is 1. The molecular weight excluding hydrogens is 274 g/mol. The van der Waals surface area contributed by atoms with Crippen molar-refractivity contribution in [3.63, 3.8) is 0 Å². The standard InChI is InChI=1S/C19H21NO2/c1-4-16(13-22-18-11-7-15(3)8-12-18)19(21)20-17-9-5-14(2)6-10-17/h5-13H,4H2,1-3H3,(H,20,21). The lowest BCUT2D eigenvalue weighted by Gasteiger charge is -2.08. The Morgan fingerprint density at radius 3 is 2.09 bits per heavy atom. The van der Waals surface area contributed by atoms with Crippen LogP contribution in [0.2, 0.25) is 0 Å². The van der Waals surface area contributed by atoms with Gasteiger partial charge < -0.3 is 10.1 Å². The molecule has 0 atom stereocenters. The fraction of sp³-hybridized carbons (Fsp3) is 0.211. The Morgan fingerprint density at radius 1 is 1.00 bits per heavy atom. The lowest BCUT2D eigenvalue weighted by molar-refractivity contribution is -0.113. The Bertz CT molecular complexity index is 655. The van der Waals surface area contributed by atoms with Crippen LogP contribution in [0.4, 0.5) is 5.69 Å². The number of carbonyl (C=O) groups excluding carboxylic acids is 1. The highest BCUT2D eigenvalue weighted by Crippen LogP contribution is 2.15. The van der Waals surface area contributed by atoms with E-state index >= 15 is 0 Å². The smallest absolute Gasteiger partial charge is 0.254 e. The van der Waals surface area contributed by atoms with Gasteiger partial charge in [-0.1, -0.05) is 42.3 Å². The van der Waals surface area contributed by atoms with Crippen molar-refractivity contribution in [1.29, 1.82) is 0 Å². The van der Waals surface area contributed by atoms with Crippen molar-refractivity contribution < 1.29 is 9.53 Å². The first-order chi connectivity index (χ1) is 10.6. The summed E-state index contributed by atoms with van der Waals surface area (Å²) in [5, 5.41) is 2.88. The average Bonchev–Trinajstić information content (AvgIpc) is 2.52. The molecule has 0 saturated heterocycles. The minimum absolute atomic E-state index is 0.140. The van der Waals surface area contributed by atoms with E-state index < -0.39 is 0 Å². The summed E-state index contributed by atoms with van der Waals surface area (Å²) in [4.78, 5) is 12.2. The van der Waals surface area contributed by atoms with Crippen LogP contribution in [0.5, 0.6) is 5.75 Å². The second-order valence-corrected chi connectivity index (χ2v) is 5.25. The van der Waals surface area contributed by atoms with Gasteiger partial charge in [-0.05, 0) is 44.5 Å². The molecule has 2 rings (SSSR count). The molecule has 0 bridgehead atoms. The minimum Gasteiger partial charge on any atom is -0.465 e. The van der Waals surface area contributed by atoms with E-state index in [2.05, 4.69) is 5.32 Å². The van der Waals surface area contributed by atoms with E-state index in [1.807, 2.05) is 69.3 Å². The van der Waals surface area contributed by atoms with Crippen LogP contribution in [0.15, 0.2) is 60.4 Å². The summed E-state index contributed by atoms with van der Waals surface area (Å²) in [5.41, 5.74) is 3.71. The number of aryl methyl sites for hydroxylation is 2.